The van der Waals surface area contributed by atoms with Crippen LogP contribution in [-0.2, 0) is 11.0 Å². The van der Waals surface area contributed by atoms with Crippen LogP contribution in [0, 0.1) is 0 Å². The summed E-state index contributed by atoms with van der Waals surface area (Å²) in [5.41, 5.74) is 1.73. The van der Waals surface area contributed by atoms with E-state index < -0.39 is 44.3 Å². The molecular formula is C24H58Ge2O3Si2. The third-order valence-corrected chi connectivity index (χ3v) is 44.3. The van der Waals surface area contributed by atoms with Crippen LogP contribution in [0.5, 0.6) is 0 Å². The Balaban J connectivity index is 6.79. The summed E-state index contributed by atoms with van der Waals surface area (Å²) >= 11 is -4.83. The molecule has 0 atom stereocenters. The van der Waals surface area contributed by atoms with Gasteiger partial charge in [-0.1, -0.05) is 0 Å². The van der Waals surface area contributed by atoms with Crippen LogP contribution in [0.4, 0.5) is 0 Å². The zero-order valence-electron chi connectivity index (χ0n) is 23.8. The first-order valence-corrected chi connectivity index (χ1v) is 27.9. The quantitative estimate of drug-likeness (QED) is 0.166. The summed E-state index contributed by atoms with van der Waals surface area (Å²) in [5.74, 6) is 0. The molecule has 7 heteroatoms. The third-order valence-electron chi connectivity index (χ3n) is 8.16. The summed E-state index contributed by atoms with van der Waals surface area (Å²) in [5, 5.41) is 7.36. The van der Waals surface area contributed by atoms with Gasteiger partial charge in [0.05, 0.1) is 0 Å². The predicted octanol–water partition coefficient (Wildman–Crippen LogP) is 9.57. The summed E-state index contributed by atoms with van der Waals surface area (Å²) in [6.45, 7) is 33.1. The second-order valence-electron chi connectivity index (χ2n) is 10.9. The van der Waals surface area contributed by atoms with E-state index >= 15 is 0 Å². The van der Waals surface area contributed by atoms with E-state index in [4.69, 9.17) is 11.0 Å². The van der Waals surface area contributed by atoms with Gasteiger partial charge in [0.25, 0.3) is 0 Å². The molecule has 0 aliphatic rings. The zero-order chi connectivity index (χ0) is 24.7. The second-order valence-corrected chi connectivity index (χ2v) is 41.0. The fraction of sp³-hybridized carbons (Fsp3) is 1.00. The minimum atomic E-state index is -2.50. The number of hydrogen-bond donors (Lipinski definition) is 0. The molecule has 188 valence electrons. The summed E-state index contributed by atoms with van der Waals surface area (Å²) in [6.07, 6.45) is 0. The SMILES string of the molecule is C[CH2][Ge]([CH2]C)([CH2]C)[O][Si](O[Si]([O][Ge]([CH2]C)([CH2]C)[CH2]C)(C(C)C)C(C)C)(C(C)C)C(C)C. The molecule has 0 fully saturated rings. The fourth-order valence-corrected chi connectivity index (χ4v) is 44.9. The second kappa shape index (κ2) is 13.5. The first-order valence-electron chi connectivity index (χ1n) is 13.4. The molecule has 0 bridgehead atoms. The van der Waals surface area contributed by atoms with E-state index in [-0.39, 0.29) is 0 Å². The van der Waals surface area contributed by atoms with Crippen LogP contribution >= 0.6 is 0 Å². The number of rotatable bonds is 16. The number of hydrogen-bond acceptors (Lipinski definition) is 3. The Morgan fingerprint density at radius 3 is 0.774 bits per heavy atom. The molecule has 0 aliphatic carbocycles. The van der Waals surface area contributed by atoms with Crippen molar-refractivity contribution in [2.75, 3.05) is 0 Å². The molecule has 0 saturated heterocycles. The van der Waals surface area contributed by atoms with Crippen molar-refractivity contribution in [3.8, 4) is 0 Å². The molecule has 0 spiro atoms. The van der Waals surface area contributed by atoms with Crippen LogP contribution in [0.15, 0.2) is 0 Å². The normalized spacial score (nSPS) is 14.5. The van der Waals surface area contributed by atoms with Crippen molar-refractivity contribution in [2.24, 2.45) is 0 Å². The zero-order valence-corrected chi connectivity index (χ0v) is 30.0. The van der Waals surface area contributed by atoms with Crippen LogP contribution in [0.1, 0.15) is 96.9 Å². The molecular weight excluding hydrogens is 538 g/mol. The maximum atomic E-state index is 7.72. The van der Waals surface area contributed by atoms with Gasteiger partial charge in [-0.25, -0.2) is 0 Å². The van der Waals surface area contributed by atoms with Gasteiger partial charge in [-0.2, -0.15) is 0 Å². The molecule has 0 unspecified atom stereocenters. The molecule has 0 amide bonds. The molecule has 0 saturated carbocycles. The Bertz CT molecular complexity index is 429. The van der Waals surface area contributed by atoms with E-state index in [1.165, 1.54) is 31.5 Å². The maximum absolute atomic E-state index is 7.72. The van der Waals surface area contributed by atoms with Crippen molar-refractivity contribution < 1.29 is 11.0 Å². The van der Waals surface area contributed by atoms with Gasteiger partial charge in [0.1, 0.15) is 0 Å². The van der Waals surface area contributed by atoms with Gasteiger partial charge in [0.2, 0.25) is 0 Å². The average Bonchev–Trinajstić information content (AvgIpc) is 2.73. The Kier molecular flexibility index (Phi) is 14.1. The van der Waals surface area contributed by atoms with Crippen molar-refractivity contribution in [2.45, 2.75) is 151 Å². The third kappa shape index (κ3) is 7.20. The van der Waals surface area contributed by atoms with Gasteiger partial charge < -0.3 is 0 Å². The molecule has 0 aromatic carbocycles. The van der Waals surface area contributed by atoms with E-state index in [0.29, 0.717) is 22.2 Å². The van der Waals surface area contributed by atoms with Crippen molar-refractivity contribution in [1.82, 2.24) is 0 Å². The first-order chi connectivity index (χ1) is 14.3. The Morgan fingerprint density at radius 1 is 0.452 bits per heavy atom. The van der Waals surface area contributed by atoms with Crippen molar-refractivity contribution >= 4 is 44.3 Å². The van der Waals surface area contributed by atoms with Crippen LogP contribution < -0.4 is 0 Å². The van der Waals surface area contributed by atoms with E-state index in [9.17, 15) is 0 Å². The topological polar surface area (TPSA) is 27.7 Å². The van der Waals surface area contributed by atoms with Crippen molar-refractivity contribution in [3.05, 3.63) is 0 Å². The van der Waals surface area contributed by atoms with Crippen LogP contribution in [0.2, 0.25) is 53.7 Å². The first kappa shape index (κ1) is 32.4. The summed E-state index contributed by atoms with van der Waals surface area (Å²) in [6, 6.07) is 0. The summed E-state index contributed by atoms with van der Waals surface area (Å²) in [4.78, 5) is 0. The Hall–Kier alpha value is 1.40. The molecule has 0 radical (unpaired) electrons. The molecule has 0 aromatic rings. The molecule has 0 N–H and O–H groups in total. The van der Waals surface area contributed by atoms with E-state index in [1.807, 2.05) is 0 Å². The summed E-state index contributed by atoms with van der Waals surface area (Å²) in [7, 11) is -5.00. The van der Waals surface area contributed by atoms with Crippen LogP contribution in [-0.4, -0.2) is 44.3 Å². The predicted molar refractivity (Wildman–Crippen MR) is 150 cm³/mol. The van der Waals surface area contributed by atoms with Gasteiger partial charge in [-0.3, -0.25) is 0 Å². The molecule has 0 aliphatic heterocycles. The Morgan fingerprint density at radius 2 is 0.645 bits per heavy atom. The van der Waals surface area contributed by atoms with Crippen LogP contribution in [0.3, 0.4) is 0 Å². The molecule has 31 heavy (non-hydrogen) atoms. The summed E-state index contributed by atoms with van der Waals surface area (Å²) < 4.78 is 22.8. The van der Waals surface area contributed by atoms with Crippen molar-refractivity contribution in [1.29, 1.82) is 0 Å². The van der Waals surface area contributed by atoms with Crippen LogP contribution in [0.25, 0.3) is 0 Å². The van der Waals surface area contributed by atoms with Gasteiger partial charge in [0.15, 0.2) is 0 Å². The van der Waals surface area contributed by atoms with Gasteiger partial charge in [0, 0.05) is 0 Å². The fourth-order valence-electron chi connectivity index (χ4n) is 5.18. The molecule has 0 rings (SSSR count). The average molecular weight is 596 g/mol. The standard InChI is InChI=1S/C24H58Ge2O3Si2/c1-15-25(16-2,17-3)27-30(21(7)8,22(9)10)29-31(23(11)12,24(13)14)28-26(18-4,19-5)20-6/h21-24H,15-20H2,1-14H3. The van der Waals surface area contributed by atoms with E-state index in [2.05, 4.69) is 96.9 Å². The monoisotopic (exact) mass is 598 g/mol. The van der Waals surface area contributed by atoms with Gasteiger partial charge >= 0.3 is 206 Å². The van der Waals surface area contributed by atoms with Gasteiger partial charge in [-0.15, -0.1) is 0 Å². The van der Waals surface area contributed by atoms with E-state index in [0.717, 1.165) is 0 Å². The molecule has 0 heterocycles. The van der Waals surface area contributed by atoms with Crippen molar-refractivity contribution in [3.63, 3.8) is 0 Å². The molecule has 3 nitrogen and oxygen atoms in total. The Labute approximate surface area is 205 Å². The minimum absolute atomic E-state index is 0.432. The van der Waals surface area contributed by atoms with Gasteiger partial charge in [-0.05, 0) is 0 Å². The van der Waals surface area contributed by atoms with E-state index in [1.54, 1.807) is 0 Å². The molecule has 0 aromatic heterocycles.